The summed E-state index contributed by atoms with van der Waals surface area (Å²) in [5, 5.41) is 8.00. The second-order valence-electron chi connectivity index (χ2n) is 6.92. The van der Waals surface area contributed by atoms with Crippen LogP contribution >= 0.6 is 11.3 Å². The Morgan fingerprint density at radius 3 is 2.84 bits per heavy atom. The minimum Gasteiger partial charge on any atom is -0.337 e. The monoisotopic (exact) mass is 359 g/mol. The highest BCUT2D eigenvalue weighted by Crippen LogP contribution is 2.34. The number of rotatable bonds is 2. The van der Waals surface area contributed by atoms with Crippen LogP contribution in [0.2, 0.25) is 0 Å². The van der Waals surface area contributed by atoms with E-state index in [0.29, 0.717) is 26.2 Å². The molecule has 2 saturated heterocycles. The quantitative estimate of drug-likeness (QED) is 0.804. The lowest BCUT2D eigenvalue weighted by Gasteiger charge is -2.46. The molecule has 0 saturated carbocycles. The number of aryl methyl sites for hydroxylation is 1. The molecule has 4 heterocycles. The topological polar surface area (TPSA) is 61.7 Å². The van der Waals surface area contributed by atoms with Gasteiger partial charge in [-0.05, 0) is 24.9 Å². The fraction of sp³-hybridized carbons (Fsp3) is 0.471. The molecule has 1 atom stereocenters. The largest absolute Gasteiger partial charge is 0.337 e. The van der Waals surface area contributed by atoms with Crippen molar-refractivity contribution in [1.29, 1.82) is 0 Å². The Bertz CT molecular complexity index is 802. The van der Waals surface area contributed by atoms with Crippen molar-refractivity contribution in [1.82, 2.24) is 19.6 Å². The zero-order valence-electron chi connectivity index (χ0n) is 14.4. The summed E-state index contributed by atoms with van der Waals surface area (Å²) in [5.74, 6) is 0.153. The molecule has 1 unspecified atom stereocenters. The number of piperazine rings is 1. The van der Waals surface area contributed by atoms with Gasteiger partial charge in [-0.2, -0.15) is 16.4 Å². The number of hydrogen-bond acceptors (Lipinski definition) is 5. The van der Waals surface area contributed by atoms with Gasteiger partial charge in [-0.1, -0.05) is 0 Å². The number of hydrogen-bond donors (Lipinski definition) is 0. The maximum Gasteiger partial charge on any atom is 0.254 e. The third-order valence-corrected chi connectivity index (χ3v) is 6.01. The van der Waals surface area contributed by atoms with Crippen molar-refractivity contribution in [2.24, 2.45) is 7.05 Å². The summed E-state index contributed by atoms with van der Waals surface area (Å²) in [6.45, 7) is 2.30. The predicted octanol–water partition coefficient (Wildman–Crippen LogP) is 1.04. The van der Waals surface area contributed by atoms with Crippen molar-refractivity contribution in [3.05, 3.63) is 34.8 Å². The number of anilines is 1. The molecule has 132 valence electrons. The fourth-order valence-electron chi connectivity index (χ4n) is 3.78. The van der Waals surface area contributed by atoms with Gasteiger partial charge in [0.2, 0.25) is 5.91 Å². The van der Waals surface area contributed by atoms with E-state index in [1.165, 1.54) is 11.3 Å². The predicted molar refractivity (Wildman–Crippen MR) is 95.8 cm³/mol. The van der Waals surface area contributed by atoms with Crippen LogP contribution in [0.5, 0.6) is 0 Å². The molecule has 2 fully saturated rings. The molecule has 0 N–H and O–H groups in total. The van der Waals surface area contributed by atoms with Gasteiger partial charge >= 0.3 is 0 Å². The van der Waals surface area contributed by atoms with Crippen molar-refractivity contribution in [2.45, 2.75) is 12.0 Å². The minimum absolute atomic E-state index is 0.0729. The van der Waals surface area contributed by atoms with Crippen molar-refractivity contribution < 1.29 is 9.59 Å². The molecule has 0 aromatic carbocycles. The summed E-state index contributed by atoms with van der Waals surface area (Å²) in [6, 6.07) is 1.87. The first kappa shape index (κ1) is 16.3. The molecule has 25 heavy (non-hydrogen) atoms. The third kappa shape index (κ3) is 2.75. The van der Waals surface area contributed by atoms with Gasteiger partial charge in [-0.15, -0.1) is 0 Å². The molecule has 2 aromatic rings. The summed E-state index contributed by atoms with van der Waals surface area (Å²) in [5.41, 5.74) is 1.37. The summed E-state index contributed by atoms with van der Waals surface area (Å²) in [7, 11) is 3.83. The Hall–Kier alpha value is -2.19. The normalized spacial score (nSPS) is 24.5. The van der Waals surface area contributed by atoms with Crippen molar-refractivity contribution >= 4 is 28.8 Å². The second kappa shape index (κ2) is 5.96. The SMILES string of the molecule is CN1CC(=O)N(c2cnn(C)c2)CC12CCN(C(=O)c1ccsc1)C2. The van der Waals surface area contributed by atoms with Gasteiger partial charge in [0.25, 0.3) is 5.91 Å². The average molecular weight is 359 g/mol. The van der Waals surface area contributed by atoms with E-state index in [9.17, 15) is 9.59 Å². The maximum atomic E-state index is 12.7. The highest BCUT2D eigenvalue weighted by Gasteiger charge is 2.48. The van der Waals surface area contributed by atoms with Crippen LogP contribution < -0.4 is 4.90 Å². The van der Waals surface area contributed by atoms with E-state index in [-0.39, 0.29) is 17.4 Å². The molecule has 2 aromatic heterocycles. The Morgan fingerprint density at radius 1 is 1.32 bits per heavy atom. The average Bonchev–Trinajstić information content (AvgIpc) is 3.32. The lowest BCUT2D eigenvalue weighted by atomic mass is 9.93. The number of amides is 2. The first-order valence-electron chi connectivity index (χ1n) is 8.30. The molecule has 2 amide bonds. The van der Waals surface area contributed by atoms with E-state index in [0.717, 1.165) is 17.7 Å². The molecular weight excluding hydrogens is 338 g/mol. The molecular formula is C17H21N5O2S. The fourth-order valence-corrected chi connectivity index (χ4v) is 4.41. The smallest absolute Gasteiger partial charge is 0.254 e. The van der Waals surface area contributed by atoms with Crippen LogP contribution in [-0.4, -0.2) is 70.2 Å². The first-order chi connectivity index (χ1) is 12.0. The van der Waals surface area contributed by atoms with Gasteiger partial charge in [0, 0.05) is 38.3 Å². The molecule has 0 bridgehead atoms. The number of likely N-dealkylation sites (tertiary alicyclic amines) is 1. The van der Waals surface area contributed by atoms with E-state index >= 15 is 0 Å². The highest BCUT2D eigenvalue weighted by atomic mass is 32.1. The van der Waals surface area contributed by atoms with Crippen molar-refractivity contribution in [2.75, 3.05) is 38.1 Å². The second-order valence-corrected chi connectivity index (χ2v) is 7.70. The Kier molecular flexibility index (Phi) is 3.88. The summed E-state index contributed by atoms with van der Waals surface area (Å²) >= 11 is 1.53. The van der Waals surface area contributed by atoms with Crippen LogP contribution in [0.15, 0.2) is 29.2 Å². The minimum atomic E-state index is -0.199. The number of carbonyl (C=O) groups excluding carboxylic acids is 2. The molecule has 0 radical (unpaired) electrons. The summed E-state index contributed by atoms with van der Waals surface area (Å²) in [6.07, 6.45) is 4.45. The van der Waals surface area contributed by atoms with Crippen molar-refractivity contribution in [3.63, 3.8) is 0 Å². The maximum absolute atomic E-state index is 12.7. The van der Waals surface area contributed by atoms with E-state index in [1.54, 1.807) is 10.9 Å². The molecule has 2 aliphatic heterocycles. The molecule has 4 rings (SSSR count). The van der Waals surface area contributed by atoms with Crippen LogP contribution in [0.4, 0.5) is 5.69 Å². The van der Waals surface area contributed by atoms with Crippen LogP contribution in [0.3, 0.4) is 0 Å². The Morgan fingerprint density at radius 2 is 2.16 bits per heavy atom. The zero-order chi connectivity index (χ0) is 17.6. The van der Waals surface area contributed by atoms with Gasteiger partial charge in [-0.3, -0.25) is 19.2 Å². The number of thiophene rings is 1. The van der Waals surface area contributed by atoms with Gasteiger partial charge in [0.05, 0.1) is 29.5 Å². The third-order valence-electron chi connectivity index (χ3n) is 5.33. The van der Waals surface area contributed by atoms with Crippen LogP contribution in [-0.2, 0) is 11.8 Å². The number of carbonyl (C=O) groups is 2. The standard InChI is InChI=1S/C17H21N5O2S/c1-19-9-15(23)22(14-7-18-20(2)8-14)12-17(19)4-5-21(11-17)16(24)13-3-6-25-10-13/h3,6-8,10H,4-5,9,11-12H2,1-2H3. The van der Waals surface area contributed by atoms with Crippen LogP contribution in [0, 0.1) is 0 Å². The summed E-state index contributed by atoms with van der Waals surface area (Å²) < 4.78 is 1.70. The number of aromatic nitrogens is 2. The Balaban J connectivity index is 1.56. The molecule has 8 heteroatoms. The first-order valence-corrected chi connectivity index (χ1v) is 9.24. The number of likely N-dealkylation sites (N-methyl/N-ethyl adjacent to an activating group) is 1. The van der Waals surface area contributed by atoms with Crippen LogP contribution in [0.1, 0.15) is 16.8 Å². The lowest BCUT2D eigenvalue weighted by molar-refractivity contribution is -0.123. The lowest BCUT2D eigenvalue weighted by Crippen LogP contribution is -2.64. The number of nitrogens with zero attached hydrogens (tertiary/aromatic N) is 5. The van der Waals surface area contributed by atoms with E-state index in [2.05, 4.69) is 10.00 Å². The van der Waals surface area contributed by atoms with Gasteiger partial charge < -0.3 is 9.80 Å². The van der Waals surface area contributed by atoms with E-state index in [4.69, 9.17) is 0 Å². The van der Waals surface area contributed by atoms with Gasteiger partial charge in [-0.25, -0.2) is 0 Å². The highest BCUT2D eigenvalue weighted by molar-refractivity contribution is 7.08. The molecule has 2 aliphatic rings. The zero-order valence-corrected chi connectivity index (χ0v) is 15.2. The van der Waals surface area contributed by atoms with E-state index in [1.807, 2.05) is 46.9 Å². The van der Waals surface area contributed by atoms with E-state index < -0.39 is 0 Å². The molecule has 0 aliphatic carbocycles. The molecule has 7 nitrogen and oxygen atoms in total. The Labute approximate surface area is 150 Å². The summed E-state index contributed by atoms with van der Waals surface area (Å²) in [4.78, 5) is 31.0. The van der Waals surface area contributed by atoms with Crippen LogP contribution in [0.25, 0.3) is 0 Å². The van der Waals surface area contributed by atoms with Crippen molar-refractivity contribution in [3.8, 4) is 0 Å². The van der Waals surface area contributed by atoms with Gasteiger partial charge in [0.15, 0.2) is 0 Å². The van der Waals surface area contributed by atoms with Gasteiger partial charge in [0.1, 0.15) is 0 Å². The molecule has 1 spiro atoms.